The Bertz CT molecular complexity index is 1230. The molecule has 3 fully saturated rings. The highest BCUT2D eigenvalue weighted by Crippen LogP contribution is 2.42. The van der Waals surface area contributed by atoms with Gasteiger partial charge in [0, 0.05) is 62.6 Å². The van der Waals surface area contributed by atoms with Crippen LogP contribution in [0.25, 0.3) is 6.08 Å². The number of nitrogens with one attached hydrogen (secondary N) is 1. The van der Waals surface area contributed by atoms with Crippen molar-refractivity contribution in [2.45, 2.75) is 37.7 Å². The largest absolute Gasteiger partial charge is 0.497 e. The van der Waals surface area contributed by atoms with Crippen molar-refractivity contribution >= 4 is 23.4 Å². The molecule has 6 rings (SSSR count). The number of nitrogens with zero attached hydrogens (tertiary/aromatic N) is 3. The topological polar surface area (TPSA) is 77.5 Å². The fourth-order valence-corrected chi connectivity index (χ4v) is 7.26. The number of piperidine rings is 2. The molecule has 3 saturated heterocycles. The summed E-state index contributed by atoms with van der Waals surface area (Å²) in [5.74, 6) is 2.30. The third-order valence-electron chi connectivity index (χ3n) is 9.88. The smallest absolute Gasteiger partial charge is 0.246 e. The molecular formula is C34H46N4O4. The predicted molar refractivity (Wildman–Crippen MR) is 167 cm³/mol. The summed E-state index contributed by atoms with van der Waals surface area (Å²) in [5, 5.41) is 14.8. The summed E-state index contributed by atoms with van der Waals surface area (Å²) in [6, 6.07) is 14.6. The van der Waals surface area contributed by atoms with E-state index in [9.17, 15) is 9.90 Å². The van der Waals surface area contributed by atoms with Gasteiger partial charge in [-0.05, 0) is 98.1 Å². The number of fused-ring (bicyclic) bond motifs is 1. The molecule has 226 valence electrons. The van der Waals surface area contributed by atoms with Crippen LogP contribution < -0.4 is 15.0 Å². The van der Waals surface area contributed by atoms with Crippen molar-refractivity contribution in [1.29, 1.82) is 0 Å². The first-order valence-electron chi connectivity index (χ1n) is 15.8. The standard InChI is InChI=1S/C34H46N4O4/c1-41-29-4-2-3-25(21-29)5-8-34(40)38-15-11-27(12-16-38)33(39)24-36-13-9-26(10-14-36)31-23-35-32-7-6-28(22-30(31)32)37-17-19-42-20-18-37/h2-8,21-22,26-27,31,33,35,39H,9-20,23-24H2,1H3/b8-5+. The van der Waals surface area contributed by atoms with E-state index in [1.54, 1.807) is 13.2 Å². The van der Waals surface area contributed by atoms with E-state index in [1.165, 1.54) is 29.8 Å². The molecule has 2 atom stereocenters. The SMILES string of the molecule is COc1cccc(/C=C/C(=O)N2CCC(C(O)CN3CCC(C4CNc5ccc(N6CCOCC6)cc54)CC3)CC2)c1. The predicted octanol–water partition coefficient (Wildman–Crippen LogP) is 4.07. The molecule has 8 heteroatoms. The molecule has 0 spiro atoms. The van der Waals surface area contributed by atoms with Crippen molar-refractivity contribution in [2.24, 2.45) is 11.8 Å². The summed E-state index contributed by atoms with van der Waals surface area (Å²) < 4.78 is 10.8. The number of amides is 1. The van der Waals surface area contributed by atoms with Crippen LogP contribution in [-0.4, -0.2) is 99.6 Å². The zero-order chi connectivity index (χ0) is 28.9. The zero-order valence-corrected chi connectivity index (χ0v) is 24.9. The van der Waals surface area contributed by atoms with Crippen molar-refractivity contribution in [2.75, 3.05) is 82.9 Å². The fraction of sp³-hybridized carbons (Fsp3) is 0.559. The molecular weight excluding hydrogens is 528 g/mol. The molecule has 4 heterocycles. The number of hydrogen-bond acceptors (Lipinski definition) is 7. The highest BCUT2D eigenvalue weighted by molar-refractivity contribution is 5.91. The number of carbonyl (C=O) groups is 1. The van der Waals surface area contributed by atoms with Gasteiger partial charge >= 0.3 is 0 Å². The van der Waals surface area contributed by atoms with Crippen LogP contribution in [0.15, 0.2) is 48.5 Å². The van der Waals surface area contributed by atoms with Crippen molar-refractivity contribution in [1.82, 2.24) is 9.80 Å². The van der Waals surface area contributed by atoms with E-state index >= 15 is 0 Å². The van der Waals surface area contributed by atoms with Gasteiger partial charge in [0.1, 0.15) is 5.75 Å². The maximum absolute atomic E-state index is 12.8. The second-order valence-electron chi connectivity index (χ2n) is 12.3. The lowest BCUT2D eigenvalue weighted by Gasteiger charge is -2.39. The average Bonchev–Trinajstić information content (AvgIpc) is 3.48. The van der Waals surface area contributed by atoms with Crippen LogP contribution in [0.2, 0.25) is 0 Å². The number of aliphatic hydroxyl groups excluding tert-OH is 1. The van der Waals surface area contributed by atoms with E-state index in [0.29, 0.717) is 24.9 Å². The van der Waals surface area contributed by atoms with Gasteiger partial charge in [0.05, 0.1) is 26.4 Å². The van der Waals surface area contributed by atoms with Crippen molar-refractivity contribution in [3.05, 3.63) is 59.7 Å². The van der Waals surface area contributed by atoms with E-state index in [2.05, 4.69) is 33.3 Å². The van der Waals surface area contributed by atoms with Crippen LogP contribution in [0, 0.1) is 11.8 Å². The molecule has 0 aromatic heterocycles. The third kappa shape index (κ3) is 6.77. The van der Waals surface area contributed by atoms with E-state index in [0.717, 1.165) is 76.6 Å². The molecule has 0 saturated carbocycles. The molecule has 4 aliphatic rings. The highest BCUT2D eigenvalue weighted by Gasteiger charge is 2.34. The number of morpholine rings is 1. The molecule has 4 aliphatic heterocycles. The molecule has 42 heavy (non-hydrogen) atoms. The number of hydrogen-bond donors (Lipinski definition) is 2. The Labute approximate surface area is 250 Å². The normalized spacial score (nSPS) is 23.1. The van der Waals surface area contributed by atoms with Crippen molar-refractivity contribution in [3.63, 3.8) is 0 Å². The second kappa shape index (κ2) is 13.5. The number of β-amino-alcohol motifs (C(OH)–C–C–N with tert-alkyl or cyclic N) is 1. The van der Waals surface area contributed by atoms with Gasteiger partial charge in [0.25, 0.3) is 0 Å². The molecule has 2 aromatic carbocycles. The number of aliphatic hydroxyl groups is 1. The minimum Gasteiger partial charge on any atom is -0.497 e. The third-order valence-corrected chi connectivity index (χ3v) is 9.88. The first kappa shape index (κ1) is 29.0. The van der Waals surface area contributed by atoms with Gasteiger partial charge in [-0.15, -0.1) is 0 Å². The van der Waals surface area contributed by atoms with Gasteiger partial charge in [-0.2, -0.15) is 0 Å². The highest BCUT2D eigenvalue weighted by atomic mass is 16.5. The molecule has 2 N–H and O–H groups in total. The summed E-state index contributed by atoms with van der Waals surface area (Å²) in [6.07, 6.45) is 7.21. The Hall–Kier alpha value is -3.07. The lowest BCUT2D eigenvalue weighted by molar-refractivity contribution is -0.128. The van der Waals surface area contributed by atoms with E-state index < -0.39 is 0 Å². The summed E-state index contributed by atoms with van der Waals surface area (Å²) in [6.45, 7) is 8.81. The summed E-state index contributed by atoms with van der Waals surface area (Å²) in [5.41, 5.74) is 5.06. The number of ether oxygens (including phenoxy) is 2. The molecule has 0 aliphatic carbocycles. The average molecular weight is 575 g/mol. The number of benzene rings is 2. The van der Waals surface area contributed by atoms with Crippen molar-refractivity contribution < 1.29 is 19.4 Å². The van der Waals surface area contributed by atoms with Gasteiger partial charge < -0.3 is 34.6 Å². The van der Waals surface area contributed by atoms with E-state index in [1.807, 2.05) is 35.2 Å². The van der Waals surface area contributed by atoms with Crippen molar-refractivity contribution in [3.8, 4) is 5.75 Å². The molecule has 2 unspecified atom stereocenters. The fourth-order valence-electron chi connectivity index (χ4n) is 7.26. The Balaban J connectivity index is 0.947. The molecule has 0 bridgehead atoms. The van der Waals surface area contributed by atoms with E-state index in [-0.39, 0.29) is 17.9 Å². The first-order chi connectivity index (χ1) is 20.6. The van der Waals surface area contributed by atoms with Gasteiger partial charge in [0.2, 0.25) is 5.91 Å². The maximum Gasteiger partial charge on any atom is 0.246 e. The van der Waals surface area contributed by atoms with Crippen LogP contribution in [-0.2, 0) is 9.53 Å². The van der Waals surface area contributed by atoms with Gasteiger partial charge in [-0.25, -0.2) is 0 Å². The summed E-state index contributed by atoms with van der Waals surface area (Å²) in [4.78, 5) is 19.6. The van der Waals surface area contributed by atoms with E-state index in [4.69, 9.17) is 9.47 Å². The van der Waals surface area contributed by atoms with Gasteiger partial charge in [-0.1, -0.05) is 12.1 Å². The van der Waals surface area contributed by atoms with Gasteiger partial charge in [0.15, 0.2) is 0 Å². The minimum atomic E-state index is -0.337. The zero-order valence-electron chi connectivity index (χ0n) is 24.9. The summed E-state index contributed by atoms with van der Waals surface area (Å²) in [7, 11) is 1.64. The van der Waals surface area contributed by atoms with Crippen LogP contribution in [0.4, 0.5) is 11.4 Å². The number of anilines is 2. The number of likely N-dealkylation sites (tertiary alicyclic amines) is 2. The first-order valence-corrected chi connectivity index (χ1v) is 15.8. The number of methoxy groups -OCH3 is 1. The quantitative estimate of drug-likeness (QED) is 0.461. The Kier molecular flexibility index (Phi) is 9.32. The van der Waals surface area contributed by atoms with Crippen LogP contribution >= 0.6 is 0 Å². The molecule has 2 aromatic rings. The number of rotatable bonds is 8. The molecule has 8 nitrogen and oxygen atoms in total. The van der Waals surface area contributed by atoms with Crippen LogP contribution in [0.3, 0.4) is 0 Å². The Morgan fingerprint density at radius 1 is 1.05 bits per heavy atom. The maximum atomic E-state index is 12.8. The Morgan fingerprint density at radius 3 is 2.60 bits per heavy atom. The lowest BCUT2D eigenvalue weighted by Crippen LogP contribution is -2.45. The van der Waals surface area contributed by atoms with Crippen LogP contribution in [0.1, 0.15) is 42.7 Å². The monoisotopic (exact) mass is 574 g/mol. The molecule has 0 radical (unpaired) electrons. The molecule has 1 amide bonds. The lowest BCUT2D eigenvalue weighted by atomic mass is 9.80. The second-order valence-corrected chi connectivity index (χ2v) is 12.3. The number of carbonyl (C=O) groups excluding carboxylic acids is 1. The van der Waals surface area contributed by atoms with Crippen LogP contribution in [0.5, 0.6) is 5.75 Å². The minimum absolute atomic E-state index is 0.0351. The summed E-state index contributed by atoms with van der Waals surface area (Å²) >= 11 is 0. The Morgan fingerprint density at radius 2 is 1.83 bits per heavy atom. The van der Waals surface area contributed by atoms with Gasteiger partial charge in [-0.3, -0.25) is 4.79 Å².